The summed E-state index contributed by atoms with van der Waals surface area (Å²) in [7, 11) is -7.73. The lowest BCUT2D eigenvalue weighted by atomic mass is 10.9. The van der Waals surface area contributed by atoms with E-state index >= 15 is 0 Å². The van der Waals surface area contributed by atoms with Crippen molar-refractivity contribution in [2.45, 2.75) is 0 Å². The summed E-state index contributed by atoms with van der Waals surface area (Å²) >= 11 is 0. The highest BCUT2D eigenvalue weighted by Crippen LogP contribution is 2.13. The van der Waals surface area contributed by atoms with Crippen molar-refractivity contribution in [1.29, 1.82) is 0 Å². The van der Waals surface area contributed by atoms with Gasteiger partial charge in [0.2, 0.25) is 19.7 Å². The van der Waals surface area contributed by atoms with Crippen LogP contribution in [0.4, 0.5) is 0 Å². The van der Waals surface area contributed by atoms with Gasteiger partial charge in [-0.05, 0) is 0 Å². The van der Waals surface area contributed by atoms with E-state index < -0.39 is 24.1 Å². The Morgan fingerprint density at radius 3 is 2.17 bits per heavy atom. The second-order valence-corrected chi connectivity index (χ2v) is 6.14. The summed E-state index contributed by atoms with van der Waals surface area (Å²) in [5.74, 6) is -0.310. The fourth-order valence-electron chi connectivity index (χ4n) is 0.699. The van der Waals surface area contributed by atoms with Crippen LogP contribution < -0.4 is 5.73 Å². The van der Waals surface area contributed by atoms with Gasteiger partial charge in [0.05, 0.1) is 5.41 Å². The molecule has 0 fully saturated rings. The van der Waals surface area contributed by atoms with Crippen LogP contribution in [0, 0.1) is 0 Å². The fraction of sp³-hybridized carbons (Fsp3) is 0.250. The van der Waals surface area contributed by atoms with Gasteiger partial charge in [0.25, 0.3) is 4.38 Å². The largest absolute Gasteiger partial charge is 0.383 e. The van der Waals surface area contributed by atoms with Gasteiger partial charge in [-0.15, -0.1) is 0 Å². The molecule has 0 aromatic heterocycles. The van der Waals surface area contributed by atoms with E-state index in [-0.39, 0.29) is 5.82 Å². The van der Waals surface area contributed by atoms with E-state index in [1.165, 1.54) is 0 Å². The normalized spacial score (nSPS) is 21.8. The first kappa shape index (κ1) is 9.20. The minimum atomic E-state index is -3.92. The minimum Gasteiger partial charge on any atom is -0.383 e. The smallest absolute Gasteiger partial charge is 0.253 e. The lowest BCUT2D eigenvalue weighted by Crippen LogP contribution is -2.19. The molecule has 1 aliphatic heterocycles. The maximum atomic E-state index is 11.0. The van der Waals surface area contributed by atoms with Crippen LogP contribution in [0.1, 0.15) is 0 Å². The highest BCUT2D eigenvalue weighted by Gasteiger charge is 2.32. The molecule has 0 bridgehead atoms. The summed E-state index contributed by atoms with van der Waals surface area (Å²) in [5, 5.41) is 0.614. The zero-order valence-electron chi connectivity index (χ0n) is 6.05. The van der Waals surface area contributed by atoms with Crippen LogP contribution in [0.5, 0.6) is 0 Å². The molecule has 0 saturated heterocycles. The number of rotatable bonds is 0. The Bertz CT molecular complexity index is 467. The Labute approximate surface area is 69.6 Å². The molecule has 1 aliphatic rings. The summed E-state index contributed by atoms with van der Waals surface area (Å²) < 4.78 is 42.6. The number of sulfone groups is 2. The van der Waals surface area contributed by atoms with Crippen LogP contribution in [-0.4, -0.2) is 27.5 Å². The van der Waals surface area contributed by atoms with Gasteiger partial charge in [-0.1, -0.05) is 0 Å². The molecule has 0 atom stereocenters. The van der Waals surface area contributed by atoms with Gasteiger partial charge in [0.15, 0.2) is 0 Å². The molecule has 0 saturated carbocycles. The Hall–Kier alpha value is -0.890. The molecule has 0 amide bonds. The predicted octanol–water partition coefficient (Wildman–Crippen LogP) is -1.43. The van der Waals surface area contributed by atoms with Gasteiger partial charge >= 0.3 is 0 Å². The Morgan fingerprint density at radius 2 is 2.00 bits per heavy atom. The topological polar surface area (TPSA) is 107 Å². The lowest BCUT2D eigenvalue weighted by Gasteiger charge is -1.93. The fourth-order valence-corrected chi connectivity index (χ4v) is 3.51. The summed E-state index contributed by atoms with van der Waals surface area (Å²) in [6, 6.07) is 0. The first-order valence-corrected chi connectivity index (χ1v) is 6.18. The maximum Gasteiger partial charge on any atom is 0.253 e. The molecule has 2 N–H and O–H groups in total. The monoisotopic (exact) mass is 210 g/mol. The molecule has 0 unspecified atom stereocenters. The van der Waals surface area contributed by atoms with Crippen LogP contribution in [0.15, 0.2) is 16.2 Å². The third-order valence-corrected chi connectivity index (χ3v) is 4.52. The van der Waals surface area contributed by atoms with Gasteiger partial charge in [-0.25, -0.2) is 21.8 Å². The van der Waals surface area contributed by atoms with Crippen molar-refractivity contribution in [3.8, 4) is 0 Å². The Balaban J connectivity index is 3.44. The van der Waals surface area contributed by atoms with E-state index in [1.807, 2.05) is 0 Å². The van der Waals surface area contributed by atoms with Crippen LogP contribution in [0.25, 0.3) is 0 Å². The van der Waals surface area contributed by atoms with Crippen molar-refractivity contribution in [2.24, 2.45) is 10.7 Å². The molecule has 0 aliphatic carbocycles. The summed E-state index contributed by atoms with van der Waals surface area (Å²) in [4.78, 5) is 3.19. The molecule has 0 aromatic carbocycles. The minimum absolute atomic E-state index is 0.310. The first-order valence-electron chi connectivity index (χ1n) is 2.74. The quantitative estimate of drug-likeness (QED) is 0.527. The van der Waals surface area contributed by atoms with Gasteiger partial charge in [-0.3, -0.25) is 0 Å². The van der Waals surface area contributed by atoms with Crippen LogP contribution in [-0.2, 0) is 19.7 Å². The van der Waals surface area contributed by atoms with Crippen molar-refractivity contribution >= 4 is 24.1 Å². The second-order valence-electron chi connectivity index (χ2n) is 2.24. The van der Waals surface area contributed by atoms with Crippen LogP contribution in [0.2, 0.25) is 0 Å². The van der Waals surface area contributed by atoms with Crippen molar-refractivity contribution < 1.29 is 16.8 Å². The number of hydrogen-bond acceptors (Lipinski definition) is 6. The summed E-state index contributed by atoms with van der Waals surface area (Å²) in [6.07, 6.45) is 0.760. The SMILES string of the molecule is CS(=O)(=O)C1=NC(N)=CS1(=O)=O. The summed E-state index contributed by atoms with van der Waals surface area (Å²) in [5.41, 5.74) is 5.03. The zero-order chi connectivity index (χ0) is 9.57. The average molecular weight is 210 g/mol. The number of nitrogens with two attached hydrogens (primary N) is 1. The molecule has 0 aromatic rings. The number of aliphatic imine (C=N–C) groups is 1. The van der Waals surface area contributed by atoms with E-state index in [0.717, 1.165) is 6.26 Å². The molecular weight excluding hydrogens is 204 g/mol. The van der Waals surface area contributed by atoms with Crippen LogP contribution >= 0.6 is 0 Å². The molecule has 0 radical (unpaired) electrons. The summed E-state index contributed by atoms with van der Waals surface area (Å²) in [6.45, 7) is 0. The van der Waals surface area contributed by atoms with E-state index in [1.54, 1.807) is 0 Å². The van der Waals surface area contributed by atoms with Crippen molar-refractivity contribution in [2.75, 3.05) is 6.26 Å². The van der Waals surface area contributed by atoms with E-state index in [0.29, 0.717) is 5.41 Å². The molecule has 6 nitrogen and oxygen atoms in total. The Kier molecular flexibility index (Phi) is 1.76. The van der Waals surface area contributed by atoms with Crippen molar-refractivity contribution in [3.05, 3.63) is 11.2 Å². The molecule has 1 rings (SSSR count). The molecular formula is C4H6N2O4S2. The maximum absolute atomic E-state index is 11.0. The zero-order valence-corrected chi connectivity index (χ0v) is 7.68. The molecule has 68 valence electrons. The number of hydrogen-bond donors (Lipinski definition) is 1. The molecule has 1 heterocycles. The van der Waals surface area contributed by atoms with Gasteiger partial charge in [-0.2, -0.15) is 0 Å². The average Bonchev–Trinajstić information content (AvgIpc) is 2.02. The lowest BCUT2D eigenvalue weighted by molar-refractivity contribution is 0.610. The standard InChI is InChI=1S/C4H6N2O4S2/c1-11(7,8)4-6-3(5)2-12(4,9)10/h2H,5H2,1H3. The second kappa shape index (κ2) is 2.30. The molecule has 8 heteroatoms. The number of nitrogens with zero attached hydrogens (tertiary/aromatic N) is 1. The van der Waals surface area contributed by atoms with Gasteiger partial charge < -0.3 is 5.73 Å². The first-order chi connectivity index (χ1) is 5.23. The molecule has 0 spiro atoms. The highest BCUT2D eigenvalue weighted by molar-refractivity contribution is 8.32. The van der Waals surface area contributed by atoms with E-state index in [9.17, 15) is 16.8 Å². The van der Waals surface area contributed by atoms with Crippen molar-refractivity contribution in [1.82, 2.24) is 0 Å². The third-order valence-electron chi connectivity index (χ3n) is 1.06. The van der Waals surface area contributed by atoms with E-state index in [4.69, 9.17) is 5.73 Å². The highest BCUT2D eigenvalue weighted by atomic mass is 32.3. The van der Waals surface area contributed by atoms with Gasteiger partial charge in [0.1, 0.15) is 5.82 Å². The Morgan fingerprint density at radius 1 is 1.50 bits per heavy atom. The van der Waals surface area contributed by atoms with E-state index in [2.05, 4.69) is 4.99 Å². The molecule has 12 heavy (non-hydrogen) atoms. The van der Waals surface area contributed by atoms with Crippen molar-refractivity contribution in [3.63, 3.8) is 0 Å². The predicted molar refractivity (Wildman–Crippen MR) is 43.5 cm³/mol. The third kappa shape index (κ3) is 1.48. The van der Waals surface area contributed by atoms with Gasteiger partial charge in [0, 0.05) is 6.26 Å². The van der Waals surface area contributed by atoms with Crippen LogP contribution in [0.3, 0.4) is 0 Å².